The molecule has 0 radical (unpaired) electrons. The van der Waals surface area contributed by atoms with Gasteiger partial charge in [-0.25, -0.2) is 4.99 Å². The van der Waals surface area contributed by atoms with E-state index < -0.39 is 18.2 Å². The Kier molecular flexibility index (Phi) is 7.78. The van der Waals surface area contributed by atoms with Gasteiger partial charge in [-0.2, -0.15) is 13.2 Å². The molecule has 136 valence electrons. The number of aliphatic imine (C=N–C) groups is 1. The van der Waals surface area contributed by atoms with Gasteiger partial charge < -0.3 is 15.7 Å². The molecule has 0 bridgehead atoms. The Labute approximate surface area is 157 Å². The van der Waals surface area contributed by atoms with Crippen LogP contribution >= 0.6 is 24.0 Å². The molecule has 8 heteroatoms. The molecule has 24 heavy (non-hydrogen) atoms. The molecule has 0 heterocycles. The van der Waals surface area contributed by atoms with Crippen molar-refractivity contribution in [3.8, 4) is 0 Å². The lowest BCUT2D eigenvalue weighted by Crippen LogP contribution is -2.40. The van der Waals surface area contributed by atoms with E-state index in [-0.39, 0.29) is 43.0 Å². The molecular weight excluding hydrogens is 434 g/mol. The number of nitrogens with zero attached hydrogens (tertiary/aromatic N) is 1. The van der Waals surface area contributed by atoms with E-state index in [1.54, 1.807) is 0 Å². The maximum Gasteiger partial charge on any atom is 0.390 e. The summed E-state index contributed by atoms with van der Waals surface area (Å²) in [6.07, 6.45) is -3.78. The van der Waals surface area contributed by atoms with Gasteiger partial charge in [0, 0.05) is 13.1 Å². The number of benzene rings is 1. The Morgan fingerprint density at radius 2 is 2.00 bits per heavy atom. The summed E-state index contributed by atoms with van der Waals surface area (Å²) in [4.78, 5) is 4.26. The minimum atomic E-state index is -4.20. The number of nitrogens with one attached hydrogen (secondary N) is 2. The SMILES string of the molecule is CCNC(=NCC1(O)CCc2ccccc21)NCCC(F)(F)F.I. The fourth-order valence-corrected chi connectivity index (χ4v) is 2.71. The Balaban J connectivity index is 0.00000288. The molecule has 0 saturated carbocycles. The van der Waals surface area contributed by atoms with Crippen LogP contribution in [0.15, 0.2) is 29.3 Å². The quantitative estimate of drug-likeness (QED) is 0.362. The molecule has 0 saturated heterocycles. The van der Waals surface area contributed by atoms with E-state index in [1.807, 2.05) is 31.2 Å². The third-order valence-corrected chi connectivity index (χ3v) is 3.87. The lowest BCUT2D eigenvalue weighted by molar-refractivity contribution is -0.132. The highest BCUT2D eigenvalue weighted by Crippen LogP contribution is 2.36. The third kappa shape index (κ3) is 5.80. The van der Waals surface area contributed by atoms with E-state index in [0.29, 0.717) is 13.0 Å². The zero-order valence-corrected chi connectivity index (χ0v) is 15.8. The summed E-state index contributed by atoms with van der Waals surface area (Å²) in [7, 11) is 0. The number of rotatable bonds is 5. The molecule has 3 N–H and O–H groups in total. The zero-order valence-electron chi connectivity index (χ0n) is 13.5. The lowest BCUT2D eigenvalue weighted by Gasteiger charge is -2.22. The highest BCUT2D eigenvalue weighted by atomic mass is 127. The van der Waals surface area contributed by atoms with Crippen molar-refractivity contribution in [2.24, 2.45) is 4.99 Å². The first-order valence-corrected chi connectivity index (χ1v) is 7.74. The highest BCUT2D eigenvalue weighted by Gasteiger charge is 2.36. The second-order valence-corrected chi connectivity index (χ2v) is 5.68. The number of hydrogen-bond acceptors (Lipinski definition) is 2. The molecule has 0 aromatic heterocycles. The van der Waals surface area contributed by atoms with Crippen LogP contribution in [0, 0.1) is 0 Å². The van der Waals surface area contributed by atoms with E-state index >= 15 is 0 Å². The number of hydrogen-bond donors (Lipinski definition) is 3. The molecule has 1 aromatic carbocycles. The first kappa shape index (κ1) is 21.0. The maximum atomic E-state index is 12.2. The molecule has 0 fully saturated rings. The first-order chi connectivity index (χ1) is 10.8. The van der Waals surface area contributed by atoms with Gasteiger partial charge >= 0.3 is 6.18 Å². The normalized spacial score (nSPS) is 20.3. The summed E-state index contributed by atoms with van der Waals surface area (Å²) in [6, 6.07) is 7.65. The van der Waals surface area contributed by atoms with E-state index in [4.69, 9.17) is 0 Å². The molecule has 4 nitrogen and oxygen atoms in total. The van der Waals surface area contributed by atoms with Crippen molar-refractivity contribution in [3.05, 3.63) is 35.4 Å². The summed E-state index contributed by atoms with van der Waals surface area (Å²) < 4.78 is 36.6. The van der Waals surface area contributed by atoms with Crippen LogP contribution in [-0.4, -0.2) is 36.9 Å². The Morgan fingerprint density at radius 3 is 2.67 bits per heavy atom. The molecule has 2 rings (SSSR count). The van der Waals surface area contributed by atoms with Gasteiger partial charge in [-0.05, 0) is 30.9 Å². The van der Waals surface area contributed by atoms with Crippen molar-refractivity contribution in [1.82, 2.24) is 10.6 Å². The Morgan fingerprint density at radius 1 is 1.29 bits per heavy atom. The van der Waals surface area contributed by atoms with Crippen LogP contribution in [0.1, 0.15) is 30.9 Å². The smallest absolute Gasteiger partial charge is 0.383 e. The van der Waals surface area contributed by atoms with Crippen molar-refractivity contribution in [2.75, 3.05) is 19.6 Å². The number of aryl methyl sites for hydroxylation is 1. The van der Waals surface area contributed by atoms with Gasteiger partial charge in [-0.15, -0.1) is 24.0 Å². The molecular formula is C16H23F3IN3O. The third-order valence-electron chi connectivity index (χ3n) is 3.87. The topological polar surface area (TPSA) is 56.7 Å². The van der Waals surface area contributed by atoms with Gasteiger partial charge in [0.2, 0.25) is 0 Å². The Hall–Kier alpha value is -1.03. The van der Waals surface area contributed by atoms with Gasteiger partial charge in [0.15, 0.2) is 5.96 Å². The van der Waals surface area contributed by atoms with Gasteiger partial charge in [0.05, 0.1) is 13.0 Å². The highest BCUT2D eigenvalue weighted by molar-refractivity contribution is 14.0. The van der Waals surface area contributed by atoms with Crippen LogP contribution in [-0.2, 0) is 12.0 Å². The Bertz CT molecular complexity index is 566. The van der Waals surface area contributed by atoms with Crippen molar-refractivity contribution in [2.45, 2.75) is 38.0 Å². The second-order valence-electron chi connectivity index (χ2n) is 5.68. The average molecular weight is 457 g/mol. The first-order valence-electron chi connectivity index (χ1n) is 7.74. The number of aliphatic hydroxyl groups is 1. The monoisotopic (exact) mass is 457 g/mol. The summed E-state index contributed by atoms with van der Waals surface area (Å²) >= 11 is 0. The van der Waals surface area contributed by atoms with Crippen LogP contribution in [0.3, 0.4) is 0 Å². The van der Waals surface area contributed by atoms with Crippen LogP contribution in [0.4, 0.5) is 13.2 Å². The fraction of sp³-hybridized carbons (Fsp3) is 0.562. The molecule has 1 atom stereocenters. The molecule has 1 aliphatic rings. The average Bonchev–Trinajstić information content (AvgIpc) is 2.82. The number of guanidine groups is 1. The van der Waals surface area contributed by atoms with Gasteiger partial charge in [0.1, 0.15) is 5.60 Å². The summed E-state index contributed by atoms with van der Waals surface area (Å²) in [6.45, 7) is 2.24. The van der Waals surface area contributed by atoms with Crippen molar-refractivity contribution in [3.63, 3.8) is 0 Å². The number of alkyl halides is 3. The predicted molar refractivity (Wildman–Crippen MR) is 98.7 cm³/mol. The predicted octanol–water partition coefficient (Wildman–Crippen LogP) is 2.95. The summed E-state index contributed by atoms with van der Waals surface area (Å²) in [5, 5.41) is 16.3. The molecule has 1 unspecified atom stereocenters. The van der Waals surface area contributed by atoms with Gasteiger partial charge in [-0.3, -0.25) is 0 Å². The van der Waals surface area contributed by atoms with Crippen LogP contribution in [0.5, 0.6) is 0 Å². The van der Waals surface area contributed by atoms with Crippen molar-refractivity contribution >= 4 is 29.9 Å². The maximum absolute atomic E-state index is 12.2. The van der Waals surface area contributed by atoms with Gasteiger partial charge in [-0.1, -0.05) is 24.3 Å². The molecule has 1 aromatic rings. The molecule has 1 aliphatic carbocycles. The largest absolute Gasteiger partial charge is 0.390 e. The summed E-state index contributed by atoms with van der Waals surface area (Å²) in [5.74, 6) is 0.287. The van der Waals surface area contributed by atoms with Crippen LogP contribution < -0.4 is 10.6 Å². The van der Waals surface area contributed by atoms with E-state index in [2.05, 4.69) is 15.6 Å². The standard InChI is InChI=1S/C16H22F3N3O.HI/c1-2-20-14(21-10-9-16(17,18)19)22-11-15(23)8-7-12-5-3-4-6-13(12)15;/h3-6,23H,2,7-11H2,1H3,(H2,20,21,22);1H. The zero-order chi connectivity index (χ0) is 16.9. The van der Waals surface area contributed by atoms with Crippen LogP contribution in [0.25, 0.3) is 0 Å². The summed E-state index contributed by atoms with van der Waals surface area (Å²) in [5.41, 5.74) is 0.901. The number of fused-ring (bicyclic) bond motifs is 1. The number of halogens is 4. The second kappa shape index (κ2) is 8.89. The lowest BCUT2D eigenvalue weighted by atomic mass is 9.96. The van der Waals surface area contributed by atoms with Crippen molar-refractivity contribution in [1.29, 1.82) is 0 Å². The molecule has 0 amide bonds. The van der Waals surface area contributed by atoms with E-state index in [1.165, 1.54) is 0 Å². The van der Waals surface area contributed by atoms with Crippen LogP contribution in [0.2, 0.25) is 0 Å². The minimum Gasteiger partial charge on any atom is -0.383 e. The van der Waals surface area contributed by atoms with Gasteiger partial charge in [0.25, 0.3) is 0 Å². The van der Waals surface area contributed by atoms with E-state index in [0.717, 1.165) is 17.5 Å². The minimum absolute atomic E-state index is 0. The van der Waals surface area contributed by atoms with Crippen molar-refractivity contribution < 1.29 is 18.3 Å². The fourth-order valence-electron chi connectivity index (χ4n) is 2.71. The van der Waals surface area contributed by atoms with E-state index in [9.17, 15) is 18.3 Å². The molecule has 0 spiro atoms. The molecule has 0 aliphatic heterocycles.